The monoisotopic (exact) mass is 932 g/mol. The van der Waals surface area contributed by atoms with Gasteiger partial charge in [0.05, 0.1) is 25.4 Å². The molecular weight excluding hydrogens is 815 g/mol. The predicted molar refractivity (Wildman–Crippen MR) is 287 cm³/mol. The summed E-state index contributed by atoms with van der Waals surface area (Å²) in [5.74, 6) is -0.0741. The van der Waals surface area contributed by atoms with Crippen molar-refractivity contribution >= 4 is 11.9 Å². The first-order valence-electron chi connectivity index (χ1n) is 30.0. The molecule has 1 amide bonds. The summed E-state index contributed by atoms with van der Waals surface area (Å²) in [5.41, 5.74) is 0. The molecule has 0 heterocycles. The van der Waals surface area contributed by atoms with Crippen molar-refractivity contribution in [2.24, 2.45) is 0 Å². The molecule has 0 aromatic carbocycles. The zero-order valence-corrected chi connectivity index (χ0v) is 44.7. The van der Waals surface area contributed by atoms with Crippen LogP contribution in [-0.4, -0.2) is 47.4 Å². The van der Waals surface area contributed by atoms with Gasteiger partial charge in [0, 0.05) is 12.8 Å². The van der Waals surface area contributed by atoms with Gasteiger partial charge in [-0.3, -0.25) is 9.59 Å². The van der Waals surface area contributed by atoms with Gasteiger partial charge in [-0.05, 0) is 32.1 Å². The highest BCUT2D eigenvalue weighted by molar-refractivity contribution is 5.76. The maximum atomic E-state index is 12.5. The molecule has 66 heavy (non-hydrogen) atoms. The lowest BCUT2D eigenvalue weighted by molar-refractivity contribution is -0.143. The Morgan fingerprint density at radius 1 is 0.409 bits per heavy atom. The van der Waals surface area contributed by atoms with Crippen LogP contribution in [0.1, 0.15) is 335 Å². The van der Waals surface area contributed by atoms with Crippen LogP contribution in [0.4, 0.5) is 0 Å². The van der Waals surface area contributed by atoms with E-state index in [1.54, 1.807) is 6.08 Å². The van der Waals surface area contributed by atoms with E-state index < -0.39 is 12.1 Å². The number of hydrogen-bond donors (Lipinski definition) is 3. The summed E-state index contributed by atoms with van der Waals surface area (Å²) in [6.45, 7) is 4.91. The molecule has 0 spiro atoms. The van der Waals surface area contributed by atoms with E-state index in [2.05, 4.69) is 19.2 Å². The maximum absolute atomic E-state index is 12.5. The molecular formula is C60H117NO5. The average molecular weight is 933 g/mol. The smallest absolute Gasteiger partial charge is 0.305 e. The standard InChI is InChI=1S/C60H117NO5/c1-3-5-7-9-11-13-15-17-19-21-22-23-24-28-32-36-40-44-48-52-58(63)57(56-62)61-59(64)53-49-45-41-37-33-29-26-27-31-35-39-43-47-51-55-66-60(65)54-50-46-42-38-34-30-25-20-18-16-14-12-10-8-6-4-2/h48,52,57-58,62-63H,3-47,49-51,53-56H2,1-2H3,(H,61,64)/b52-48+. The summed E-state index contributed by atoms with van der Waals surface area (Å²) in [6.07, 6.45) is 66.6. The van der Waals surface area contributed by atoms with Crippen LogP contribution in [0, 0.1) is 0 Å². The second-order valence-corrected chi connectivity index (χ2v) is 20.7. The highest BCUT2D eigenvalue weighted by atomic mass is 16.5. The minimum absolute atomic E-state index is 0.000855. The molecule has 0 saturated carbocycles. The van der Waals surface area contributed by atoms with Crippen LogP contribution < -0.4 is 5.32 Å². The number of aliphatic hydroxyl groups excluding tert-OH is 2. The fourth-order valence-electron chi connectivity index (χ4n) is 9.46. The molecule has 6 heteroatoms. The summed E-state index contributed by atoms with van der Waals surface area (Å²) in [5, 5.41) is 23.2. The number of ether oxygens (including phenoxy) is 1. The largest absolute Gasteiger partial charge is 0.466 e. The van der Waals surface area contributed by atoms with E-state index in [4.69, 9.17) is 4.74 Å². The van der Waals surface area contributed by atoms with Crippen LogP contribution in [0.5, 0.6) is 0 Å². The molecule has 0 saturated heterocycles. The van der Waals surface area contributed by atoms with Crippen molar-refractivity contribution in [3.8, 4) is 0 Å². The minimum atomic E-state index is -0.851. The second-order valence-electron chi connectivity index (χ2n) is 20.7. The number of rotatable bonds is 56. The molecule has 2 unspecified atom stereocenters. The summed E-state index contributed by atoms with van der Waals surface area (Å²) < 4.78 is 5.48. The number of allylic oxidation sites excluding steroid dienone is 1. The first-order chi connectivity index (χ1) is 32.5. The van der Waals surface area contributed by atoms with Crippen LogP contribution in [0.25, 0.3) is 0 Å². The van der Waals surface area contributed by atoms with Crippen molar-refractivity contribution in [1.82, 2.24) is 5.32 Å². The van der Waals surface area contributed by atoms with E-state index in [9.17, 15) is 19.8 Å². The molecule has 0 aromatic heterocycles. The molecule has 2 atom stereocenters. The SMILES string of the molecule is CCCCCCCCCCCCCCCCCCC/C=C/C(O)C(CO)NC(=O)CCCCCCCCCCCCCCCCOC(=O)CCCCCCCCCCCCCCCCCC. The zero-order valence-electron chi connectivity index (χ0n) is 44.7. The van der Waals surface area contributed by atoms with Crippen LogP contribution in [0.3, 0.4) is 0 Å². The molecule has 0 aromatic rings. The van der Waals surface area contributed by atoms with E-state index in [1.165, 1.54) is 250 Å². The summed E-state index contributed by atoms with van der Waals surface area (Å²) >= 11 is 0. The van der Waals surface area contributed by atoms with Gasteiger partial charge >= 0.3 is 5.97 Å². The maximum Gasteiger partial charge on any atom is 0.305 e. The Morgan fingerprint density at radius 3 is 1.03 bits per heavy atom. The Balaban J connectivity index is 3.45. The molecule has 0 fully saturated rings. The van der Waals surface area contributed by atoms with Gasteiger partial charge in [0.1, 0.15) is 0 Å². The first kappa shape index (κ1) is 64.6. The van der Waals surface area contributed by atoms with Crippen LogP contribution in [-0.2, 0) is 14.3 Å². The third kappa shape index (κ3) is 52.0. The normalized spacial score (nSPS) is 12.6. The molecule has 0 aliphatic carbocycles. The van der Waals surface area contributed by atoms with Crippen molar-refractivity contribution in [3.63, 3.8) is 0 Å². The fraction of sp³-hybridized carbons (Fsp3) is 0.933. The van der Waals surface area contributed by atoms with Crippen molar-refractivity contribution in [3.05, 3.63) is 12.2 Å². The Labute approximate surface area is 412 Å². The van der Waals surface area contributed by atoms with Gasteiger partial charge in [0.15, 0.2) is 0 Å². The highest BCUT2D eigenvalue weighted by Gasteiger charge is 2.18. The fourth-order valence-corrected chi connectivity index (χ4v) is 9.46. The van der Waals surface area contributed by atoms with Crippen molar-refractivity contribution in [1.29, 1.82) is 0 Å². The molecule has 0 bridgehead atoms. The van der Waals surface area contributed by atoms with E-state index in [1.807, 2.05) is 6.08 Å². The topological polar surface area (TPSA) is 95.9 Å². The Hall–Kier alpha value is -1.40. The van der Waals surface area contributed by atoms with Gasteiger partial charge < -0.3 is 20.3 Å². The molecule has 0 rings (SSSR count). The van der Waals surface area contributed by atoms with Gasteiger partial charge in [0.2, 0.25) is 5.91 Å². The number of esters is 1. The van der Waals surface area contributed by atoms with E-state index in [-0.39, 0.29) is 18.5 Å². The Morgan fingerprint density at radius 2 is 0.697 bits per heavy atom. The van der Waals surface area contributed by atoms with Crippen LogP contribution >= 0.6 is 0 Å². The number of amides is 1. The second kappa shape index (κ2) is 56.2. The van der Waals surface area contributed by atoms with Crippen LogP contribution in [0.15, 0.2) is 12.2 Å². The molecule has 3 N–H and O–H groups in total. The highest BCUT2D eigenvalue weighted by Crippen LogP contribution is 2.18. The molecule has 0 radical (unpaired) electrons. The molecule has 392 valence electrons. The van der Waals surface area contributed by atoms with Crippen molar-refractivity contribution in [2.75, 3.05) is 13.2 Å². The lowest BCUT2D eigenvalue weighted by atomic mass is 10.0. The lowest BCUT2D eigenvalue weighted by Crippen LogP contribution is -2.45. The first-order valence-corrected chi connectivity index (χ1v) is 30.0. The van der Waals surface area contributed by atoms with Crippen LogP contribution in [0.2, 0.25) is 0 Å². The molecule has 6 nitrogen and oxygen atoms in total. The number of unbranched alkanes of at least 4 members (excludes halogenated alkanes) is 45. The number of hydrogen-bond acceptors (Lipinski definition) is 5. The third-order valence-corrected chi connectivity index (χ3v) is 14.1. The molecule has 0 aliphatic heterocycles. The Bertz CT molecular complexity index is 986. The Kier molecular flexibility index (Phi) is 55.0. The summed E-state index contributed by atoms with van der Waals surface area (Å²) in [7, 11) is 0. The van der Waals surface area contributed by atoms with Gasteiger partial charge in [0.25, 0.3) is 0 Å². The third-order valence-electron chi connectivity index (χ3n) is 14.1. The van der Waals surface area contributed by atoms with Gasteiger partial charge in [-0.1, -0.05) is 302 Å². The number of nitrogens with one attached hydrogen (secondary N) is 1. The minimum Gasteiger partial charge on any atom is -0.466 e. The summed E-state index contributed by atoms with van der Waals surface area (Å²) in [6, 6.07) is -0.635. The average Bonchev–Trinajstić information content (AvgIpc) is 3.32. The quantitative estimate of drug-likeness (QED) is 0.0321. The van der Waals surface area contributed by atoms with Gasteiger partial charge in [-0.2, -0.15) is 0 Å². The van der Waals surface area contributed by atoms with E-state index in [0.717, 1.165) is 57.8 Å². The molecule has 0 aliphatic rings. The zero-order chi connectivity index (χ0) is 47.9. The lowest BCUT2D eigenvalue weighted by Gasteiger charge is -2.20. The van der Waals surface area contributed by atoms with E-state index in [0.29, 0.717) is 19.4 Å². The van der Waals surface area contributed by atoms with Gasteiger partial charge in [-0.25, -0.2) is 0 Å². The number of aliphatic hydroxyl groups is 2. The number of carbonyl (C=O) groups is 2. The van der Waals surface area contributed by atoms with Crippen molar-refractivity contribution < 1.29 is 24.5 Å². The number of carbonyl (C=O) groups excluding carboxylic acids is 2. The summed E-state index contributed by atoms with van der Waals surface area (Å²) in [4.78, 5) is 24.5. The van der Waals surface area contributed by atoms with E-state index >= 15 is 0 Å². The van der Waals surface area contributed by atoms with Gasteiger partial charge in [-0.15, -0.1) is 0 Å². The van der Waals surface area contributed by atoms with Crippen molar-refractivity contribution in [2.45, 2.75) is 347 Å². The predicted octanol–water partition coefficient (Wildman–Crippen LogP) is 18.5.